The standard InChI is InChI=1S/C27H31NO2S/c1-17(8-9-18-6-4-3-5-7-18)27-23(31)13-10-19-16-21-20-11-12-22(29)25(30-27)26(20,24(19)27)14-15-28(21)2/h3-13,17,20-23,25,29,31H,14-16H2,1-2H3/t17?,20-,21+,22-,23?,25-,26-,27?/m0/s1. The Bertz CT molecular complexity index is 1010. The molecule has 4 heteroatoms. The highest BCUT2D eigenvalue weighted by Gasteiger charge is 2.71. The Hall–Kier alpha value is -1.59. The molecule has 1 spiro atoms. The van der Waals surface area contributed by atoms with Gasteiger partial charge in [-0.3, -0.25) is 0 Å². The third-order valence-corrected chi connectivity index (χ3v) is 9.24. The second-order valence-corrected chi connectivity index (χ2v) is 10.6. The highest BCUT2D eigenvalue weighted by atomic mass is 32.1. The van der Waals surface area contributed by atoms with Gasteiger partial charge in [0.2, 0.25) is 0 Å². The maximum absolute atomic E-state index is 11.1. The quantitative estimate of drug-likeness (QED) is 0.551. The van der Waals surface area contributed by atoms with E-state index in [1.807, 2.05) is 12.1 Å². The summed E-state index contributed by atoms with van der Waals surface area (Å²) in [5, 5.41) is 11.1. The Kier molecular flexibility index (Phi) is 4.50. The molecule has 162 valence electrons. The van der Waals surface area contributed by atoms with Crippen LogP contribution in [0.25, 0.3) is 6.08 Å². The molecule has 6 rings (SSSR count). The summed E-state index contributed by atoms with van der Waals surface area (Å²) in [6.45, 7) is 3.31. The fourth-order valence-electron chi connectivity index (χ4n) is 7.27. The van der Waals surface area contributed by atoms with E-state index in [1.165, 1.54) is 16.7 Å². The molecule has 8 atom stereocenters. The van der Waals surface area contributed by atoms with Crippen LogP contribution in [-0.4, -0.2) is 52.7 Å². The third-order valence-electron chi connectivity index (χ3n) is 8.69. The van der Waals surface area contributed by atoms with Gasteiger partial charge in [0, 0.05) is 23.3 Å². The maximum atomic E-state index is 11.1. The first-order valence-corrected chi connectivity index (χ1v) is 12.1. The first-order chi connectivity index (χ1) is 15.0. The van der Waals surface area contributed by atoms with Crippen LogP contribution in [0, 0.1) is 17.3 Å². The second-order valence-electron chi connectivity index (χ2n) is 10.0. The van der Waals surface area contributed by atoms with Crippen LogP contribution in [0.5, 0.6) is 0 Å². The number of benzene rings is 1. The average molecular weight is 434 g/mol. The molecule has 0 radical (unpaired) electrons. The van der Waals surface area contributed by atoms with Crippen LogP contribution in [0.4, 0.5) is 0 Å². The van der Waals surface area contributed by atoms with Gasteiger partial charge in [-0.15, -0.1) is 0 Å². The summed E-state index contributed by atoms with van der Waals surface area (Å²) in [6.07, 6.45) is 14.6. The molecule has 5 aliphatic rings. The summed E-state index contributed by atoms with van der Waals surface area (Å²) < 4.78 is 7.07. The lowest BCUT2D eigenvalue weighted by molar-refractivity contribution is -0.126. The second kappa shape index (κ2) is 6.95. The monoisotopic (exact) mass is 433 g/mol. The summed E-state index contributed by atoms with van der Waals surface area (Å²) in [4.78, 5) is 2.51. The fraction of sp³-hybridized carbons (Fsp3) is 0.481. The van der Waals surface area contributed by atoms with E-state index in [-0.39, 0.29) is 22.7 Å². The first kappa shape index (κ1) is 20.0. The number of allylic oxidation sites excluding steroid dienone is 1. The van der Waals surface area contributed by atoms with Crippen molar-refractivity contribution in [3.05, 3.63) is 77.4 Å². The summed E-state index contributed by atoms with van der Waals surface area (Å²) in [7, 11) is 2.25. The van der Waals surface area contributed by atoms with Gasteiger partial charge in [0.05, 0.1) is 17.5 Å². The van der Waals surface area contributed by atoms with Gasteiger partial charge in [0.15, 0.2) is 0 Å². The van der Waals surface area contributed by atoms with Crippen molar-refractivity contribution in [1.82, 2.24) is 4.90 Å². The highest BCUT2D eigenvalue weighted by Crippen LogP contribution is 2.68. The number of ether oxygens (including phenoxy) is 1. The molecule has 2 aliphatic heterocycles. The molecule has 2 heterocycles. The summed E-state index contributed by atoms with van der Waals surface area (Å²) in [5.74, 6) is 0.520. The molecule has 0 amide bonds. The molecule has 31 heavy (non-hydrogen) atoms. The van der Waals surface area contributed by atoms with E-state index in [4.69, 9.17) is 17.4 Å². The third kappa shape index (κ3) is 2.54. The molecule has 2 saturated heterocycles. The molecule has 2 bridgehead atoms. The molecule has 3 nitrogen and oxygen atoms in total. The van der Waals surface area contributed by atoms with E-state index >= 15 is 0 Å². The van der Waals surface area contributed by atoms with E-state index < -0.39 is 11.7 Å². The fourth-order valence-corrected chi connectivity index (χ4v) is 7.78. The van der Waals surface area contributed by atoms with E-state index in [1.54, 1.807) is 0 Å². The molecule has 0 aromatic heterocycles. The van der Waals surface area contributed by atoms with E-state index in [9.17, 15) is 5.11 Å². The van der Waals surface area contributed by atoms with Crippen molar-refractivity contribution < 1.29 is 9.84 Å². The SMILES string of the molecule is CC(C=Cc1ccccc1)C12O[C@H]3[C@@H](O)C=C[C@H]4[C@H]5CC(=C1[C@]43CCN5C)C=CC2S. The molecule has 1 aromatic rings. The van der Waals surface area contributed by atoms with Crippen LogP contribution in [0.2, 0.25) is 0 Å². The average Bonchev–Trinajstić information content (AvgIpc) is 3.11. The number of aliphatic hydroxyl groups excluding tert-OH is 1. The minimum atomic E-state index is -0.569. The van der Waals surface area contributed by atoms with Gasteiger partial charge in [-0.1, -0.05) is 73.7 Å². The van der Waals surface area contributed by atoms with E-state index in [0.29, 0.717) is 12.0 Å². The predicted molar refractivity (Wildman–Crippen MR) is 128 cm³/mol. The zero-order valence-electron chi connectivity index (χ0n) is 18.2. The van der Waals surface area contributed by atoms with Crippen molar-refractivity contribution in [2.24, 2.45) is 17.3 Å². The molecular formula is C27H31NO2S. The molecule has 2 fully saturated rings. The Morgan fingerprint density at radius 2 is 2.03 bits per heavy atom. The van der Waals surface area contributed by atoms with Gasteiger partial charge < -0.3 is 14.7 Å². The van der Waals surface area contributed by atoms with Gasteiger partial charge >= 0.3 is 0 Å². The number of likely N-dealkylation sites (tertiary alicyclic amines) is 1. The molecule has 3 aliphatic carbocycles. The lowest BCUT2D eigenvalue weighted by Crippen LogP contribution is -2.62. The molecule has 3 unspecified atom stereocenters. The number of nitrogens with zero attached hydrogens (tertiary/aromatic N) is 1. The Morgan fingerprint density at radius 3 is 2.84 bits per heavy atom. The van der Waals surface area contributed by atoms with Crippen LogP contribution in [0.1, 0.15) is 25.3 Å². The minimum Gasteiger partial charge on any atom is -0.386 e. The van der Waals surface area contributed by atoms with Crippen LogP contribution >= 0.6 is 12.6 Å². The predicted octanol–water partition coefficient (Wildman–Crippen LogP) is 4.28. The summed E-state index contributed by atoms with van der Waals surface area (Å²) in [6, 6.07) is 10.9. The number of hydrogen-bond acceptors (Lipinski definition) is 4. The lowest BCUT2D eigenvalue weighted by Gasteiger charge is -2.58. The maximum Gasteiger partial charge on any atom is 0.112 e. The lowest BCUT2D eigenvalue weighted by atomic mass is 9.49. The number of piperidine rings is 1. The summed E-state index contributed by atoms with van der Waals surface area (Å²) >= 11 is 5.09. The molecule has 1 aromatic carbocycles. The van der Waals surface area contributed by atoms with Crippen molar-refractivity contribution in [2.75, 3.05) is 13.6 Å². The van der Waals surface area contributed by atoms with Gasteiger partial charge in [-0.25, -0.2) is 0 Å². The van der Waals surface area contributed by atoms with Crippen molar-refractivity contribution in [3.63, 3.8) is 0 Å². The zero-order chi connectivity index (χ0) is 21.4. The van der Waals surface area contributed by atoms with Crippen molar-refractivity contribution >= 4 is 18.7 Å². The molecule has 1 N–H and O–H groups in total. The van der Waals surface area contributed by atoms with Crippen molar-refractivity contribution in [3.8, 4) is 0 Å². The largest absolute Gasteiger partial charge is 0.386 e. The topological polar surface area (TPSA) is 32.7 Å². The Balaban J connectivity index is 1.51. The first-order valence-electron chi connectivity index (χ1n) is 11.6. The Labute approximate surface area is 190 Å². The van der Waals surface area contributed by atoms with Crippen LogP contribution in [0.3, 0.4) is 0 Å². The zero-order valence-corrected chi connectivity index (χ0v) is 19.1. The van der Waals surface area contributed by atoms with Gasteiger partial charge in [-0.2, -0.15) is 12.6 Å². The van der Waals surface area contributed by atoms with E-state index in [0.717, 1.165) is 19.4 Å². The molecule has 0 saturated carbocycles. The van der Waals surface area contributed by atoms with E-state index in [2.05, 4.69) is 73.5 Å². The minimum absolute atomic E-state index is 0.0364. The number of aliphatic hydroxyl groups is 1. The number of rotatable bonds is 3. The molecular weight excluding hydrogens is 402 g/mol. The normalized spacial score (nSPS) is 44.1. The van der Waals surface area contributed by atoms with Gasteiger partial charge in [-0.05, 0) is 43.1 Å². The van der Waals surface area contributed by atoms with Gasteiger partial charge in [0.25, 0.3) is 0 Å². The highest BCUT2D eigenvalue weighted by molar-refractivity contribution is 7.81. The van der Waals surface area contributed by atoms with Crippen LogP contribution < -0.4 is 0 Å². The van der Waals surface area contributed by atoms with Crippen LogP contribution in [-0.2, 0) is 4.74 Å². The van der Waals surface area contributed by atoms with Crippen molar-refractivity contribution in [1.29, 1.82) is 0 Å². The van der Waals surface area contributed by atoms with Gasteiger partial charge in [0.1, 0.15) is 5.60 Å². The number of thiol groups is 1. The van der Waals surface area contributed by atoms with Crippen LogP contribution in [0.15, 0.2) is 71.9 Å². The number of hydrogen-bond donors (Lipinski definition) is 2. The Morgan fingerprint density at radius 1 is 1.23 bits per heavy atom. The smallest absolute Gasteiger partial charge is 0.112 e. The summed E-state index contributed by atoms with van der Waals surface area (Å²) in [5.41, 5.74) is 3.41. The van der Waals surface area contributed by atoms with Crippen molar-refractivity contribution in [2.45, 2.75) is 48.9 Å².